The molecule has 0 fully saturated rings. The molecular weight excluding hydrogens is 450 g/mol. The van der Waals surface area contributed by atoms with E-state index in [1.807, 2.05) is 13.8 Å². The van der Waals surface area contributed by atoms with Crippen molar-refractivity contribution in [2.24, 2.45) is 0 Å². The van der Waals surface area contributed by atoms with Crippen LogP contribution in [0.5, 0.6) is 5.75 Å². The molecule has 2 aromatic heterocycles. The number of ether oxygens (including phenoxy) is 1. The van der Waals surface area contributed by atoms with Crippen LogP contribution in [0.15, 0.2) is 58.1 Å². The summed E-state index contributed by atoms with van der Waals surface area (Å²) in [5, 5.41) is 3.59. The number of rotatable bonds is 5. The van der Waals surface area contributed by atoms with Crippen molar-refractivity contribution >= 4 is 44.7 Å². The smallest absolute Gasteiger partial charge is 0.337 e. The number of carbonyl (C=O) groups is 1. The maximum absolute atomic E-state index is 13.4. The lowest BCUT2D eigenvalue weighted by Gasteiger charge is -2.13. The second-order valence-electron chi connectivity index (χ2n) is 7.23. The summed E-state index contributed by atoms with van der Waals surface area (Å²) in [5.41, 5.74) is 0.637. The van der Waals surface area contributed by atoms with Gasteiger partial charge in [-0.1, -0.05) is 23.7 Å². The molecule has 4 aromatic rings. The molecule has 0 radical (unpaired) electrons. The van der Waals surface area contributed by atoms with E-state index in [2.05, 4.69) is 5.32 Å². The number of nitrogens with zero attached hydrogens (tertiary/aromatic N) is 2. The van der Waals surface area contributed by atoms with Crippen molar-refractivity contribution in [3.63, 3.8) is 0 Å². The van der Waals surface area contributed by atoms with E-state index in [0.717, 1.165) is 15.0 Å². The van der Waals surface area contributed by atoms with Gasteiger partial charge in [-0.05, 0) is 49.7 Å². The summed E-state index contributed by atoms with van der Waals surface area (Å²) in [6, 6.07) is 13.4. The fraction of sp³-hybridized carbons (Fsp3) is 0.174. The molecule has 7 nitrogen and oxygen atoms in total. The lowest BCUT2D eigenvalue weighted by atomic mass is 10.2. The first kappa shape index (κ1) is 21.9. The van der Waals surface area contributed by atoms with Crippen LogP contribution in [0, 0.1) is 13.8 Å². The number of amides is 1. The van der Waals surface area contributed by atoms with Crippen molar-refractivity contribution in [3.8, 4) is 11.4 Å². The number of aromatic nitrogens is 2. The Bertz CT molecular complexity index is 1470. The number of carbonyl (C=O) groups excluding carboxylic acids is 1. The SMILES string of the molecule is COc1cccc(NC(=O)Cn2c(=O)n(-c3cccc(Cl)c3)c(=O)c3c(C)c(C)sc32)c1. The minimum absolute atomic E-state index is 0.257. The maximum atomic E-state index is 13.4. The number of anilines is 1. The van der Waals surface area contributed by atoms with Crippen LogP contribution in [-0.2, 0) is 11.3 Å². The predicted molar refractivity (Wildman–Crippen MR) is 128 cm³/mol. The van der Waals surface area contributed by atoms with Gasteiger partial charge in [0, 0.05) is 21.7 Å². The average molecular weight is 470 g/mol. The highest BCUT2D eigenvalue weighted by atomic mass is 35.5. The van der Waals surface area contributed by atoms with Crippen LogP contribution in [0.1, 0.15) is 10.4 Å². The first-order chi connectivity index (χ1) is 15.3. The highest BCUT2D eigenvalue weighted by molar-refractivity contribution is 7.18. The minimum atomic E-state index is -0.605. The van der Waals surface area contributed by atoms with E-state index < -0.39 is 17.2 Å². The molecule has 0 spiro atoms. The molecule has 0 aliphatic rings. The van der Waals surface area contributed by atoms with Crippen molar-refractivity contribution in [2.45, 2.75) is 20.4 Å². The van der Waals surface area contributed by atoms with Gasteiger partial charge < -0.3 is 10.1 Å². The minimum Gasteiger partial charge on any atom is -0.497 e. The molecule has 0 bridgehead atoms. The molecule has 1 amide bonds. The van der Waals surface area contributed by atoms with E-state index in [-0.39, 0.29) is 6.54 Å². The van der Waals surface area contributed by atoms with Crippen molar-refractivity contribution < 1.29 is 9.53 Å². The molecule has 0 aliphatic carbocycles. The number of halogens is 1. The molecule has 0 unspecified atom stereocenters. The van der Waals surface area contributed by atoms with Gasteiger partial charge in [0.1, 0.15) is 17.1 Å². The standard InChI is InChI=1S/C23H20ClN3O4S/c1-13-14(2)32-22-20(13)21(29)27(17-8-4-6-15(24)10-17)23(30)26(22)12-19(28)25-16-7-5-9-18(11-16)31-3/h4-11H,12H2,1-3H3,(H,25,28). The van der Waals surface area contributed by atoms with Gasteiger partial charge in [-0.3, -0.25) is 14.2 Å². The Balaban J connectivity index is 1.85. The fourth-order valence-electron chi connectivity index (χ4n) is 3.48. The zero-order valence-corrected chi connectivity index (χ0v) is 19.2. The Labute approximate surface area is 192 Å². The molecule has 0 atom stereocenters. The lowest BCUT2D eigenvalue weighted by Crippen LogP contribution is -2.40. The highest BCUT2D eigenvalue weighted by Crippen LogP contribution is 2.27. The van der Waals surface area contributed by atoms with Crippen LogP contribution in [0.25, 0.3) is 15.9 Å². The number of methoxy groups -OCH3 is 1. The summed E-state index contributed by atoms with van der Waals surface area (Å²) in [4.78, 5) is 40.9. The van der Waals surface area contributed by atoms with Crippen LogP contribution in [0.3, 0.4) is 0 Å². The quantitative estimate of drug-likeness (QED) is 0.476. The van der Waals surface area contributed by atoms with Crippen LogP contribution in [-0.4, -0.2) is 22.2 Å². The van der Waals surface area contributed by atoms with E-state index in [9.17, 15) is 14.4 Å². The van der Waals surface area contributed by atoms with Crippen molar-refractivity contribution in [2.75, 3.05) is 12.4 Å². The summed E-state index contributed by atoms with van der Waals surface area (Å²) in [6.07, 6.45) is 0. The second-order valence-corrected chi connectivity index (χ2v) is 8.87. The Hall–Kier alpha value is -3.36. The molecular formula is C23H20ClN3O4S. The number of hydrogen-bond acceptors (Lipinski definition) is 5. The van der Waals surface area contributed by atoms with E-state index >= 15 is 0 Å². The van der Waals surface area contributed by atoms with Gasteiger partial charge in [-0.2, -0.15) is 0 Å². The molecule has 0 saturated heterocycles. The van der Waals surface area contributed by atoms with Gasteiger partial charge in [0.2, 0.25) is 5.91 Å². The third kappa shape index (κ3) is 3.94. The topological polar surface area (TPSA) is 82.3 Å². The number of fused-ring (bicyclic) bond motifs is 1. The van der Waals surface area contributed by atoms with E-state index in [0.29, 0.717) is 32.4 Å². The lowest BCUT2D eigenvalue weighted by molar-refractivity contribution is -0.116. The zero-order valence-electron chi connectivity index (χ0n) is 17.6. The van der Waals surface area contributed by atoms with Gasteiger partial charge in [-0.15, -0.1) is 11.3 Å². The monoisotopic (exact) mass is 469 g/mol. The van der Waals surface area contributed by atoms with E-state index in [4.69, 9.17) is 16.3 Å². The summed E-state index contributed by atoms with van der Waals surface area (Å²) in [6.45, 7) is 3.46. The summed E-state index contributed by atoms with van der Waals surface area (Å²) >= 11 is 7.41. The number of hydrogen-bond donors (Lipinski definition) is 1. The first-order valence-corrected chi connectivity index (χ1v) is 10.9. The number of benzene rings is 2. The van der Waals surface area contributed by atoms with Gasteiger partial charge in [0.15, 0.2) is 0 Å². The van der Waals surface area contributed by atoms with Crippen molar-refractivity contribution in [3.05, 3.63) is 84.8 Å². The molecule has 32 heavy (non-hydrogen) atoms. The maximum Gasteiger partial charge on any atom is 0.337 e. The Kier molecular flexibility index (Phi) is 5.90. The van der Waals surface area contributed by atoms with E-state index in [1.54, 1.807) is 48.5 Å². The van der Waals surface area contributed by atoms with Crippen molar-refractivity contribution in [1.29, 1.82) is 0 Å². The fourth-order valence-corrected chi connectivity index (χ4v) is 4.81. The molecule has 0 saturated carbocycles. The Morgan fingerprint density at radius 1 is 1.12 bits per heavy atom. The summed E-state index contributed by atoms with van der Waals surface area (Å²) in [7, 11) is 1.54. The molecule has 2 aromatic carbocycles. The van der Waals surface area contributed by atoms with Crippen molar-refractivity contribution in [1.82, 2.24) is 9.13 Å². The van der Waals surface area contributed by atoms with Gasteiger partial charge in [0.25, 0.3) is 5.56 Å². The first-order valence-electron chi connectivity index (χ1n) is 9.75. The highest BCUT2D eigenvalue weighted by Gasteiger charge is 2.21. The average Bonchev–Trinajstić information content (AvgIpc) is 3.06. The molecule has 9 heteroatoms. The Morgan fingerprint density at radius 3 is 2.59 bits per heavy atom. The largest absolute Gasteiger partial charge is 0.497 e. The number of aryl methyl sites for hydroxylation is 2. The Morgan fingerprint density at radius 2 is 1.88 bits per heavy atom. The molecule has 0 aliphatic heterocycles. The normalized spacial score (nSPS) is 11.0. The summed E-state index contributed by atoms with van der Waals surface area (Å²) in [5.74, 6) is 0.197. The molecule has 4 rings (SSSR count). The third-order valence-electron chi connectivity index (χ3n) is 5.17. The molecule has 164 valence electrons. The third-order valence-corrected chi connectivity index (χ3v) is 6.64. The van der Waals surface area contributed by atoms with E-state index in [1.165, 1.54) is 23.0 Å². The van der Waals surface area contributed by atoms with Crippen LogP contribution in [0.2, 0.25) is 5.02 Å². The van der Waals surface area contributed by atoms with Crippen LogP contribution >= 0.6 is 22.9 Å². The number of nitrogens with one attached hydrogen (secondary N) is 1. The van der Waals surface area contributed by atoms with Crippen LogP contribution in [0.4, 0.5) is 5.69 Å². The summed E-state index contributed by atoms with van der Waals surface area (Å²) < 4.78 is 7.57. The van der Waals surface area contributed by atoms with Crippen LogP contribution < -0.4 is 21.3 Å². The van der Waals surface area contributed by atoms with Gasteiger partial charge in [0.05, 0.1) is 18.2 Å². The van der Waals surface area contributed by atoms with Gasteiger partial charge in [-0.25, -0.2) is 9.36 Å². The number of thiophene rings is 1. The predicted octanol–water partition coefficient (Wildman–Crippen LogP) is 4.13. The zero-order chi connectivity index (χ0) is 23.0. The second kappa shape index (κ2) is 8.64. The molecule has 2 heterocycles. The molecule has 1 N–H and O–H groups in total. The van der Waals surface area contributed by atoms with Gasteiger partial charge >= 0.3 is 5.69 Å².